The summed E-state index contributed by atoms with van der Waals surface area (Å²) in [6.07, 6.45) is 13.4. The van der Waals surface area contributed by atoms with Crippen molar-refractivity contribution in [3.63, 3.8) is 0 Å². The van der Waals surface area contributed by atoms with Crippen LogP contribution in [-0.2, 0) is 9.53 Å². The smallest absolute Gasteiger partial charge is 0.309 e. The Morgan fingerprint density at radius 1 is 1.18 bits per heavy atom. The first-order chi connectivity index (χ1) is 15.9. The maximum Gasteiger partial charge on any atom is 0.309 e. The molecule has 170 valence electrons. The Bertz CT molecular complexity index is 1160. The number of allylic oxidation sites excluding steroid dienone is 5. The van der Waals surface area contributed by atoms with E-state index in [4.69, 9.17) is 4.74 Å². The second-order valence-corrected chi connectivity index (χ2v) is 9.49. The minimum absolute atomic E-state index is 0.00122. The Balaban J connectivity index is 1.63. The SMILES string of the molecule is Cc1cc(C2=C(C=C[C@H]3C[C@H](O)CC(=O)O3)C3(CCC3)CC(c3ccncc3)=C2)ccc1F. The number of aryl methyl sites for hydroxylation is 1. The zero-order valence-corrected chi connectivity index (χ0v) is 18.8. The van der Waals surface area contributed by atoms with Crippen molar-refractivity contribution in [1.82, 2.24) is 4.98 Å². The highest BCUT2D eigenvalue weighted by Gasteiger charge is 2.43. The number of ether oxygens (including phenoxy) is 1. The molecule has 1 aromatic heterocycles. The lowest BCUT2D eigenvalue weighted by Crippen LogP contribution is -2.34. The van der Waals surface area contributed by atoms with E-state index in [0.717, 1.165) is 42.4 Å². The van der Waals surface area contributed by atoms with E-state index in [1.54, 1.807) is 6.92 Å². The van der Waals surface area contributed by atoms with E-state index in [0.29, 0.717) is 12.0 Å². The molecule has 1 spiro atoms. The Morgan fingerprint density at radius 3 is 2.64 bits per heavy atom. The van der Waals surface area contributed by atoms with Crippen LogP contribution in [0.3, 0.4) is 0 Å². The first kappa shape index (κ1) is 21.8. The molecular formula is C28H28FNO3. The van der Waals surface area contributed by atoms with E-state index in [-0.39, 0.29) is 23.6 Å². The molecule has 1 saturated carbocycles. The van der Waals surface area contributed by atoms with E-state index in [9.17, 15) is 14.3 Å². The second kappa shape index (κ2) is 8.71. The molecule has 1 N–H and O–H groups in total. The van der Waals surface area contributed by atoms with Gasteiger partial charge in [0.2, 0.25) is 0 Å². The molecule has 1 aliphatic heterocycles. The zero-order valence-electron chi connectivity index (χ0n) is 18.8. The molecule has 2 fully saturated rings. The number of nitrogens with zero attached hydrogens (tertiary/aromatic N) is 1. The monoisotopic (exact) mass is 445 g/mol. The Kier molecular flexibility index (Phi) is 5.75. The number of cyclic esters (lactones) is 1. The maximum atomic E-state index is 14.1. The summed E-state index contributed by atoms with van der Waals surface area (Å²) >= 11 is 0. The van der Waals surface area contributed by atoms with Crippen LogP contribution in [-0.4, -0.2) is 28.3 Å². The highest BCUT2D eigenvalue weighted by Crippen LogP contribution is 2.58. The van der Waals surface area contributed by atoms with E-state index in [1.807, 2.05) is 42.7 Å². The number of aliphatic hydroxyl groups excluding tert-OH is 1. The summed E-state index contributed by atoms with van der Waals surface area (Å²) in [6.45, 7) is 1.78. The molecule has 2 heterocycles. The number of hydrogen-bond donors (Lipinski definition) is 1. The van der Waals surface area contributed by atoms with Gasteiger partial charge in [0.25, 0.3) is 0 Å². The van der Waals surface area contributed by atoms with Crippen molar-refractivity contribution >= 4 is 17.1 Å². The van der Waals surface area contributed by atoms with Crippen molar-refractivity contribution in [2.75, 3.05) is 0 Å². The standard InChI is InChI=1S/C28H28FNO3/c1-18-13-20(3-6-26(18)29)24-14-21(19-7-11-30-12-8-19)17-28(9-2-10-28)25(24)5-4-23-15-22(31)16-27(32)33-23/h3-8,11-14,22-23,31H,2,9-10,15-17H2,1H3/t22-,23-/m0/s1. The molecular weight excluding hydrogens is 417 g/mol. The number of esters is 1. The summed E-state index contributed by atoms with van der Waals surface area (Å²) in [5.74, 6) is -0.583. The van der Waals surface area contributed by atoms with Gasteiger partial charge >= 0.3 is 5.97 Å². The van der Waals surface area contributed by atoms with Crippen molar-refractivity contribution in [1.29, 1.82) is 0 Å². The van der Waals surface area contributed by atoms with Gasteiger partial charge in [0.15, 0.2) is 0 Å². The van der Waals surface area contributed by atoms with Gasteiger partial charge in [-0.2, -0.15) is 0 Å². The van der Waals surface area contributed by atoms with Crippen LogP contribution in [0.1, 0.15) is 55.2 Å². The van der Waals surface area contributed by atoms with Gasteiger partial charge in [-0.05, 0) is 95.4 Å². The molecule has 1 aromatic carbocycles. The summed E-state index contributed by atoms with van der Waals surface area (Å²) in [5, 5.41) is 10.00. The van der Waals surface area contributed by atoms with Crippen LogP contribution >= 0.6 is 0 Å². The number of hydrogen-bond acceptors (Lipinski definition) is 4. The summed E-state index contributed by atoms with van der Waals surface area (Å²) in [5.41, 5.74) is 6.28. The first-order valence-electron chi connectivity index (χ1n) is 11.6. The normalized spacial score (nSPS) is 24.6. The van der Waals surface area contributed by atoms with Crippen LogP contribution in [0.5, 0.6) is 0 Å². The summed E-state index contributed by atoms with van der Waals surface area (Å²) in [6, 6.07) is 9.35. The van der Waals surface area contributed by atoms with Gasteiger partial charge in [-0.15, -0.1) is 0 Å². The van der Waals surface area contributed by atoms with Gasteiger partial charge in [0.1, 0.15) is 11.9 Å². The van der Waals surface area contributed by atoms with Gasteiger partial charge in [-0.25, -0.2) is 4.39 Å². The van der Waals surface area contributed by atoms with Gasteiger partial charge < -0.3 is 9.84 Å². The molecule has 5 rings (SSSR count). The second-order valence-electron chi connectivity index (χ2n) is 9.49. The van der Waals surface area contributed by atoms with Crippen LogP contribution < -0.4 is 0 Å². The molecule has 2 aliphatic carbocycles. The van der Waals surface area contributed by atoms with Gasteiger partial charge in [-0.1, -0.05) is 24.6 Å². The van der Waals surface area contributed by atoms with Crippen molar-refractivity contribution < 1.29 is 19.0 Å². The Morgan fingerprint density at radius 2 is 1.97 bits per heavy atom. The third-order valence-corrected chi connectivity index (χ3v) is 7.21. The number of rotatable bonds is 4. The lowest BCUT2D eigenvalue weighted by molar-refractivity contribution is -0.156. The largest absolute Gasteiger partial charge is 0.458 e. The van der Waals surface area contributed by atoms with E-state index >= 15 is 0 Å². The minimum Gasteiger partial charge on any atom is -0.458 e. The fraction of sp³-hybridized carbons (Fsp3) is 0.357. The molecule has 0 unspecified atom stereocenters. The summed E-state index contributed by atoms with van der Waals surface area (Å²) in [7, 11) is 0. The summed E-state index contributed by atoms with van der Waals surface area (Å²) < 4.78 is 19.5. The molecule has 0 bridgehead atoms. The molecule has 1 saturated heterocycles. The van der Waals surface area contributed by atoms with Crippen LogP contribution in [0, 0.1) is 18.2 Å². The molecule has 2 aromatic rings. The third kappa shape index (κ3) is 4.30. The number of carbonyl (C=O) groups is 1. The number of aromatic nitrogens is 1. The number of benzene rings is 1. The molecule has 0 amide bonds. The average molecular weight is 446 g/mol. The predicted octanol–water partition coefficient (Wildman–Crippen LogP) is 5.56. The third-order valence-electron chi connectivity index (χ3n) is 7.21. The van der Waals surface area contributed by atoms with Gasteiger partial charge in [-0.3, -0.25) is 9.78 Å². The van der Waals surface area contributed by atoms with Crippen LogP contribution in [0.2, 0.25) is 0 Å². The van der Waals surface area contributed by atoms with Crippen LogP contribution in [0.15, 0.2) is 66.5 Å². The molecule has 2 atom stereocenters. The fourth-order valence-electron chi connectivity index (χ4n) is 5.30. The number of carbonyl (C=O) groups excluding carboxylic acids is 1. The quantitative estimate of drug-likeness (QED) is 0.626. The Labute approximate surface area is 193 Å². The number of halogens is 1. The van der Waals surface area contributed by atoms with Crippen molar-refractivity contribution in [2.45, 2.75) is 57.7 Å². The molecule has 3 aliphatic rings. The number of aliphatic hydroxyl groups is 1. The summed E-state index contributed by atoms with van der Waals surface area (Å²) in [4.78, 5) is 16.0. The number of pyridine rings is 1. The van der Waals surface area contributed by atoms with Gasteiger partial charge in [0.05, 0.1) is 12.5 Å². The lowest BCUT2D eigenvalue weighted by atomic mass is 9.57. The highest BCUT2D eigenvalue weighted by atomic mass is 19.1. The van der Waals surface area contributed by atoms with E-state index in [2.05, 4.69) is 17.1 Å². The van der Waals surface area contributed by atoms with Crippen molar-refractivity contribution in [2.24, 2.45) is 5.41 Å². The van der Waals surface area contributed by atoms with E-state index in [1.165, 1.54) is 17.2 Å². The lowest BCUT2D eigenvalue weighted by Gasteiger charge is -2.47. The topological polar surface area (TPSA) is 59.4 Å². The predicted molar refractivity (Wildman–Crippen MR) is 125 cm³/mol. The van der Waals surface area contributed by atoms with Crippen molar-refractivity contribution in [3.8, 4) is 0 Å². The van der Waals surface area contributed by atoms with Crippen LogP contribution in [0.4, 0.5) is 4.39 Å². The zero-order chi connectivity index (χ0) is 23.0. The average Bonchev–Trinajstić information content (AvgIpc) is 2.78. The maximum absolute atomic E-state index is 14.1. The molecule has 4 nitrogen and oxygen atoms in total. The highest BCUT2D eigenvalue weighted by molar-refractivity contribution is 5.90. The van der Waals surface area contributed by atoms with E-state index < -0.39 is 12.2 Å². The van der Waals surface area contributed by atoms with Gasteiger partial charge in [0, 0.05) is 18.8 Å². The van der Waals surface area contributed by atoms with Crippen molar-refractivity contribution in [3.05, 3.63) is 89.0 Å². The minimum atomic E-state index is -0.670. The molecule has 33 heavy (non-hydrogen) atoms. The fourth-order valence-corrected chi connectivity index (χ4v) is 5.30. The first-order valence-corrected chi connectivity index (χ1v) is 11.6. The Hall–Kier alpha value is -3.05. The molecule has 0 radical (unpaired) electrons. The van der Waals surface area contributed by atoms with Crippen LogP contribution in [0.25, 0.3) is 11.1 Å². The molecule has 5 heteroatoms.